The average molecular weight is 420 g/mol. The number of halogens is 5. The molecule has 0 atom stereocenters. The molecule has 0 aliphatic heterocycles. The highest BCUT2D eigenvalue weighted by Gasteiger charge is 2.41. The molecule has 30 heavy (non-hydrogen) atoms. The molecule has 3 aromatic rings. The molecule has 0 aliphatic carbocycles. The number of rotatable bonds is 4. The fraction of sp³-hybridized carbons (Fsp3) is 0.250. The molecule has 1 nitrogen and oxygen atoms in total. The average Bonchev–Trinajstić information content (AvgIpc) is 2.57. The van der Waals surface area contributed by atoms with Crippen molar-refractivity contribution in [2.24, 2.45) is 0 Å². The van der Waals surface area contributed by atoms with Crippen LogP contribution in [0.15, 0.2) is 36.4 Å². The molecule has 0 spiro atoms. The number of hydrogen-bond donors (Lipinski definition) is 0. The van der Waals surface area contributed by atoms with Crippen molar-refractivity contribution in [3.05, 3.63) is 87.2 Å². The van der Waals surface area contributed by atoms with E-state index in [0.717, 1.165) is 34.9 Å². The quantitative estimate of drug-likeness (QED) is 0.399. The molecular formula is C24H21F5O. The minimum Gasteiger partial charge on any atom is -0.429 e. The molecule has 3 rings (SSSR count). The van der Waals surface area contributed by atoms with E-state index in [1.165, 1.54) is 19.9 Å². The van der Waals surface area contributed by atoms with E-state index < -0.39 is 34.9 Å². The van der Waals surface area contributed by atoms with Crippen molar-refractivity contribution >= 4 is 0 Å². The summed E-state index contributed by atoms with van der Waals surface area (Å²) in [4.78, 5) is 0. The van der Waals surface area contributed by atoms with Crippen LogP contribution in [0.3, 0.4) is 0 Å². The van der Waals surface area contributed by atoms with Crippen LogP contribution in [0.5, 0.6) is 5.75 Å². The summed E-state index contributed by atoms with van der Waals surface area (Å²) in [6.45, 7) is 8.46. The van der Waals surface area contributed by atoms with Crippen LogP contribution in [0.2, 0.25) is 0 Å². The van der Waals surface area contributed by atoms with Crippen molar-refractivity contribution in [3.63, 3.8) is 0 Å². The summed E-state index contributed by atoms with van der Waals surface area (Å²) in [5, 5.41) is 0. The van der Waals surface area contributed by atoms with Gasteiger partial charge in [-0.3, -0.25) is 0 Å². The lowest BCUT2D eigenvalue weighted by atomic mass is 9.93. The fourth-order valence-corrected chi connectivity index (χ4v) is 3.67. The monoisotopic (exact) mass is 420 g/mol. The van der Waals surface area contributed by atoms with Gasteiger partial charge in [0.15, 0.2) is 0 Å². The molecule has 0 unspecified atom stereocenters. The first-order valence-electron chi connectivity index (χ1n) is 9.32. The first kappa shape index (κ1) is 21.8. The van der Waals surface area contributed by atoms with Gasteiger partial charge in [0.2, 0.25) is 0 Å². The van der Waals surface area contributed by atoms with Gasteiger partial charge in [0, 0.05) is 6.07 Å². The smallest absolute Gasteiger partial charge is 0.429 e. The van der Waals surface area contributed by atoms with Gasteiger partial charge in [0.25, 0.3) is 0 Å². The standard InChI is InChI=1S/C24H21F5O/c1-12-6-14(3)22(15(4)7-12)17-9-20(26)23(21(27)10-17)24(28,29)30-18-8-13(2)16(5)19(25)11-18/h6-11H,1-5H3. The van der Waals surface area contributed by atoms with E-state index >= 15 is 0 Å². The molecule has 0 radical (unpaired) electrons. The predicted molar refractivity (Wildman–Crippen MR) is 106 cm³/mol. The Morgan fingerprint density at radius 2 is 1.20 bits per heavy atom. The third-order valence-corrected chi connectivity index (χ3v) is 5.12. The van der Waals surface area contributed by atoms with Crippen LogP contribution in [0, 0.1) is 52.1 Å². The lowest BCUT2D eigenvalue weighted by molar-refractivity contribution is -0.189. The van der Waals surface area contributed by atoms with Crippen LogP contribution in [-0.2, 0) is 6.11 Å². The number of hydrogen-bond acceptors (Lipinski definition) is 1. The Kier molecular flexibility index (Phi) is 5.63. The van der Waals surface area contributed by atoms with Gasteiger partial charge in [-0.1, -0.05) is 17.7 Å². The number of benzene rings is 3. The van der Waals surface area contributed by atoms with Crippen molar-refractivity contribution in [2.75, 3.05) is 0 Å². The summed E-state index contributed by atoms with van der Waals surface area (Å²) in [7, 11) is 0. The van der Waals surface area contributed by atoms with E-state index in [0.29, 0.717) is 11.1 Å². The number of aryl methyl sites for hydroxylation is 4. The summed E-state index contributed by atoms with van der Waals surface area (Å²) >= 11 is 0. The van der Waals surface area contributed by atoms with Gasteiger partial charge in [-0.05, 0) is 86.2 Å². The minimum absolute atomic E-state index is 0.150. The maximum atomic E-state index is 14.7. The zero-order chi connectivity index (χ0) is 22.4. The van der Waals surface area contributed by atoms with E-state index in [1.807, 2.05) is 19.1 Å². The first-order valence-corrected chi connectivity index (χ1v) is 9.32. The molecule has 3 aromatic carbocycles. The molecule has 0 N–H and O–H groups in total. The molecule has 0 aromatic heterocycles. The SMILES string of the molecule is Cc1cc(C)c(-c2cc(F)c(C(F)(F)Oc3cc(C)c(C)c(F)c3)c(F)c2)c(C)c1. The normalized spacial score (nSPS) is 11.7. The first-order chi connectivity index (χ1) is 13.9. The largest absolute Gasteiger partial charge is 0.432 e. The fourth-order valence-electron chi connectivity index (χ4n) is 3.67. The van der Waals surface area contributed by atoms with Crippen molar-refractivity contribution in [2.45, 2.75) is 40.7 Å². The van der Waals surface area contributed by atoms with Crippen LogP contribution >= 0.6 is 0 Å². The lowest BCUT2D eigenvalue weighted by Crippen LogP contribution is -2.25. The second-order valence-corrected chi connectivity index (χ2v) is 7.55. The second-order valence-electron chi connectivity index (χ2n) is 7.55. The molecule has 158 valence electrons. The van der Waals surface area contributed by atoms with Gasteiger partial charge >= 0.3 is 6.11 Å². The van der Waals surface area contributed by atoms with Gasteiger partial charge < -0.3 is 4.74 Å². The zero-order valence-electron chi connectivity index (χ0n) is 17.3. The molecule has 0 saturated carbocycles. The van der Waals surface area contributed by atoms with Crippen LogP contribution in [-0.4, -0.2) is 0 Å². The predicted octanol–water partition coefficient (Wildman–Crippen LogP) is 7.44. The van der Waals surface area contributed by atoms with E-state index in [9.17, 15) is 22.0 Å². The van der Waals surface area contributed by atoms with Crippen LogP contribution in [0.1, 0.15) is 33.4 Å². The Morgan fingerprint density at radius 1 is 0.667 bits per heavy atom. The molecule has 0 aliphatic rings. The molecule has 0 bridgehead atoms. The number of ether oxygens (including phenoxy) is 1. The van der Waals surface area contributed by atoms with E-state index in [1.54, 1.807) is 13.8 Å². The molecular weight excluding hydrogens is 399 g/mol. The number of alkyl halides is 2. The van der Waals surface area contributed by atoms with Crippen molar-refractivity contribution in [1.82, 2.24) is 0 Å². The second kappa shape index (κ2) is 7.74. The van der Waals surface area contributed by atoms with Crippen molar-refractivity contribution in [1.29, 1.82) is 0 Å². The Morgan fingerprint density at radius 3 is 1.70 bits per heavy atom. The molecule has 0 saturated heterocycles. The van der Waals surface area contributed by atoms with Gasteiger partial charge in [-0.2, -0.15) is 8.78 Å². The summed E-state index contributed by atoms with van der Waals surface area (Å²) in [6.07, 6.45) is -4.34. The topological polar surface area (TPSA) is 9.23 Å². The highest BCUT2D eigenvalue weighted by Crippen LogP contribution is 2.38. The minimum atomic E-state index is -4.34. The third kappa shape index (κ3) is 4.04. The van der Waals surface area contributed by atoms with Crippen LogP contribution < -0.4 is 4.74 Å². The highest BCUT2D eigenvalue weighted by atomic mass is 19.3. The summed E-state index contributed by atoms with van der Waals surface area (Å²) in [5.74, 6) is -4.16. The molecule has 6 heteroatoms. The summed E-state index contributed by atoms with van der Waals surface area (Å²) < 4.78 is 77.0. The van der Waals surface area contributed by atoms with Gasteiger partial charge in [0.05, 0.1) is 0 Å². The van der Waals surface area contributed by atoms with Crippen LogP contribution in [0.4, 0.5) is 22.0 Å². The highest BCUT2D eigenvalue weighted by molar-refractivity contribution is 5.72. The molecule has 0 fully saturated rings. The van der Waals surface area contributed by atoms with Crippen LogP contribution in [0.25, 0.3) is 11.1 Å². The lowest BCUT2D eigenvalue weighted by Gasteiger charge is -2.21. The molecule has 0 heterocycles. The van der Waals surface area contributed by atoms with E-state index in [-0.39, 0.29) is 11.1 Å². The van der Waals surface area contributed by atoms with Crippen molar-refractivity contribution < 1.29 is 26.7 Å². The Hall–Kier alpha value is -2.89. The summed E-state index contributed by atoms with van der Waals surface area (Å²) in [6, 6.07) is 7.37. The summed E-state index contributed by atoms with van der Waals surface area (Å²) in [5.41, 5.74) is 2.38. The van der Waals surface area contributed by atoms with E-state index in [2.05, 4.69) is 4.74 Å². The van der Waals surface area contributed by atoms with Gasteiger partial charge in [-0.25, -0.2) is 13.2 Å². The Balaban J connectivity index is 2.05. The van der Waals surface area contributed by atoms with Gasteiger partial charge in [0.1, 0.15) is 28.8 Å². The Labute approximate surface area is 172 Å². The van der Waals surface area contributed by atoms with E-state index in [4.69, 9.17) is 0 Å². The maximum Gasteiger partial charge on any atom is 0.432 e. The Bertz CT molecular complexity index is 1070. The van der Waals surface area contributed by atoms with Gasteiger partial charge in [-0.15, -0.1) is 0 Å². The zero-order valence-corrected chi connectivity index (χ0v) is 17.3. The molecule has 0 amide bonds. The maximum absolute atomic E-state index is 14.7. The van der Waals surface area contributed by atoms with Crippen molar-refractivity contribution in [3.8, 4) is 16.9 Å². The third-order valence-electron chi connectivity index (χ3n) is 5.12.